The van der Waals surface area contributed by atoms with E-state index < -0.39 is 0 Å². The van der Waals surface area contributed by atoms with E-state index >= 15 is 0 Å². The summed E-state index contributed by atoms with van der Waals surface area (Å²) in [6, 6.07) is 14.3. The third-order valence-electron chi connectivity index (χ3n) is 6.56. The molecule has 180 valence electrons. The molecular weight excluding hydrogens is 482 g/mol. The Labute approximate surface area is 213 Å². The first-order valence-electron chi connectivity index (χ1n) is 11.6. The lowest BCUT2D eigenvalue weighted by atomic mass is 9.94. The van der Waals surface area contributed by atoms with E-state index in [0.717, 1.165) is 25.7 Å². The standard InChI is InChI=1S/C26H25N3O4S2/c1-33-18-13-11-16(12-14-18)27-21(30)15-28-20-10-6-5-9-19(20)22(24(28)31)23-25(32)29(26(34)35-23)17-7-3-2-4-8-17/h5-6,9-14,17H,2-4,7-8,15H2,1H3,(H,27,30). The molecule has 2 aliphatic heterocycles. The van der Waals surface area contributed by atoms with Crippen LogP contribution in [0.1, 0.15) is 37.7 Å². The molecule has 2 aromatic carbocycles. The van der Waals surface area contributed by atoms with Crippen LogP contribution in [0.3, 0.4) is 0 Å². The molecule has 0 unspecified atom stereocenters. The lowest BCUT2D eigenvalue weighted by Crippen LogP contribution is -2.40. The number of thioether (sulfide) groups is 1. The molecule has 7 nitrogen and oxygen atoms in total. The zero-order valence-electron chi connectivity index (χ0n) is 19.3. The van der Waals surface area contributed by atoms with Gasteiger partial charge in [0, 0.05) is 17.3 Å². The van der Waals surface area contributed by atoms with E-state index in [1.54, 1.807) is 42.3 Å². The summed E-state index contributed by atoms with van der Waals surface area (Å²) >= 11 is 6.77. The van der Waals surface area contributed by atoms with Crippen molar-refractivity contribution < 1.29 is 19.1 Å². The summed E-state index contributed by atoms with van der Waals surface area (Å²) in [4.78, 5) is 43.4. The second kappa shape index (κ2) is 9.83. The van der Waals surface area contributed by atoms with Gasteiger partial charge in [-0.2, -0.15) is 0 Å². The fraction of sp³-hybridized carbons (Fsp3) is 0.308. The Morgan fingerprint density at radius 3 is 2.49 bits per heavy atom. The Hall–Kier alpha value is -3.17. The quantitative estimate of drug-likeness (QED) is 0.471. The number of benzene rings is 2. The number of nitrogens with zero attached hydrogens (tertiary/aromatic N) is 2. The van der Waals surface area contributed by atoms with Gasteiger partial charge in [0.2, 0.25) is 5.91 Å². The Bertz CT molecular complexity index is 1240. The molecule has 2 heterocycles. The molecule has 0 atom stereocenters. The number of amides is 3. The molecule has 1 N–H and O–H groups in total. The van der Waals surface area contributed by atoms with E-state index in [-0.39, 0.29) is 30.3 Å². The van der Waals surface area contributed by atoms with Crippen molar-refractivity contribution in [3.63, 3.8) is 0 Å². The number of carbonyl (C=O) groups is 3. The van der Waals surface area contributed by atoms with Crippen LogP contribution in [0.2, 0.25) is 0 Å². The molecule has 0 bridgehead atoms. The molecule has 1 saturated heterocycles. The number of ether oxygens (including phenoxy) is 1. The first kappa shape index (κ1) is 23.6. The van der Waals surface area contributed by atoms with Gasteiger partial charge in [0.25, 0.3) is 11.8 Å². The molecule has 5 rings (SSSR count). The first-order chi connectivity index (χ1) is 17.0. The van der Waals surface area contributed by atoms with Gasteiger partial charge in [-0.05, 0) is 43.2 Å². The molecule has 35 heavy (non-hydrogen) atoms. The molecule has 3 amide bonds. The highest BCUT2D eigenvalue weighted by atomic mass is 32.2. The minimum Gasteiger partial charge on any atom is -0.497 e. The summed E-state index contributed by atoms with van der Waals surface area (Å²) in [6.45, 7) is -0.172. The van der Waals surface area contributed by atoms with Crippen LogP contribution >= 0.6 is 24.0 Å². The second-order valence-corrected chi connectivity index (χ2v) is 10.4. The predicted molar refractivity (Wildman–Crippen MR) is 141 cm³/mol. The third kappa shape index (κ3) is 4.46. The minimum absolute atomic E-state index is 0.0903. The molecule has 0 spiro atoms. The highest BCUT2D eigenvalue weighted by Gasteiger charge is 2.44. The normalized spacial score (nSPS) is 20.4. The van der Waals surface area contributed by atoms with Crippen molar-refractivity contribution in [2.45, 2.75) is 38.1 Å². The number of nitrogens with one attached hydrogen (secondary N) is 1. The van der Waals surface area contributed by atoms with Crippen LogP contribution in [0.5, 0.6) is 5.75 Å². The lowest BCUT2D eigenvalue weighted by Gasteiger charge is -2.29. The van der Waals surface area contributed by atoms with Crippen LogP contribution in [0.15, 0.2) is 53.4 Å². The molecule has 0 radical (unpaired) electrons. The van der Waals surface area contributed by atoms with Crippen molar-refractivity contribution in [2.24, 2.45) is 0 Å². The maximum Gasteiger partial charge on any atom is 0.267 e. The monoisotopic (exact) mass is 507 g/mol. The van der Waals surface area contributed by atoms with Gasteiger partial charge in [-0.3, -0.25) is 24.2 Å². The summed E-state index contributed by atoms with van der Waals surface area (Å²) in [5, 5.41) is 2.82. The topological polar surface area (TPSA) is 79.0 Å². The van der Waals surface area contributed by atoms with Gasteiger partial charge in [0.1, 0.15) is 16.6 Å². The number of fused-ring (bicyclic) bond motifs is 1. The third-order valence-corrected chi connectivity index (χ3v) is 7.97. The van der Waals surface area contributed by atoms with E-state index in [2.05, 4.69) is 5.32 Å². The molecule has 2 fully saturated rings. The number of methoxy groups -OCH3 is 1. The molecule has 1 saturated carbocycles. The molecule has 2 aromatic rings. The Kier molecular flexibility index (Phi) is 6.62. The van der Waals surface area contributed by atoms with Crippen molar-refractivity contribution in [3.05, 3.63) is 59.0 Å². The van der Waals surface area contributed by atoms with Gasteiger partial charge in [-0.15, -0.1) is 0 Å². The summed E-state index contributed by atoms with van der Waals surface area (Å²) in [6.07, 6.45) is 5.18. The maximum absolute atomic E-state index is 13.6. The Morgan fingerprint density at radius 1 is 1.06 bits per heavy atom. The van der Waals surface area contributed by atoms with Crippen LogP contribution in [0, 0.1) is 0 Å². The van der Waals surface area contributed by atoms with Gasteiger partial charge in [-0.1, -0.05) is 61.4 Å². The van der Waals surface area contributed by atoms with Crippen molar-refractivity contribution in [3.8, 4) is 5.75 Å². The second-order valence-electron chi connectivity index (χ2n) is 8.72. The van der Waals surface area contributed by atoms with E-state index in [0.29, 0.717) is 37.5 Å². The largest absolute Gasteiger partial charge is 0.497 e. The molecular formula is C26H25N3O4S2. The number of rotatable bonds is 5. The predicted octanol–water partition coefficient (Wildman–Crippen LogP) is 4.58. The van der Waals surface area contributed by atoms with Crippen LogP contribution in [-0.4, -0.2) is 46.6 Å². The van der Waals surface area contributed by atoms with Gasteiger partial charge in [0.05, 0.1) is 23.3 Å². The number of anilines is 2. The summed E-state index contributed by atoms with van der Waals surface area (Å²) in [5.41, 5.74) is 2.19. The summed E-state index contributed by atoms with van der Waals surface area (Å²) < 4.78 is 5.65. The van der Waals surface area contributed by atoms with E-state index in [4.69, 9.17) is 17.0 Å². The van der Waals surface area contributed by atoms with E-state index in [1.807, 2.05) is 18.2 Å². The van der Waals surface area contributed by atoms with Crippen molar-refractivity contribution in [1.29, 1.82) is 0 Å². The highest BCUT2D eigenvalue weighted by Crippen LogP contribution is 2.45. The number of para-hydroxylation sites is 1. The van der Waals surface area contributed by atoms with Crippen molar-refractivity contribution in [2.75, 3.05) is 23.9 Å². The smallest absolute Gasteiger partial charge is 0.267 e. The van der Waals surface area contributed by atoms with Gasteiger partial charge < -0.3 is 10.1 Å². The number of carbonyl (C=O) groups excluding carboxylic acids is 3. The summed E-state index contributed by atoms with van der Waals surface area (Å²) in [7, 11) is 1.57. The molecule has 0 aromatic heterocycles. The fourth-order valence-corrected chi connectivity index (χ4v) is 6.33. The van der Waals surface area contributed by atoms with Crippen molar-refractivity contribution >= 4 is 63.0 Å². The number of hydrogen-bond acceptors (Lipinski definition) is 6. The van der Waals surface area contributed by atoms with Crippen LogP contribution in [-0.2, 0) is 14.4 Å². The van der Waals surface area contributed by atoms with Crippen LogP contribution in [0.4, 0.5) is 11.4 Å². The molecule has 1 aliphatic carbocycles. The SMILES string of the molecule is COc1ccc(NC(=O)CN2C(=O)C(=C3SC(=S)N(C4CCCCC4)C3=O)c3ccccc32)cc1. The fourth-order valence-electron chi connectivity index (χ4n) is 4.86. The maximum atomic E-state index is 13.6. The zero-order valence-corrected chi connectivity index (χ0v) is 20.9. The summed E-state index contributed by atoms with van der Waals surface area (Å²) in [5.74, 6) is -0.217. The van der Waals surface area contributed by atoms with Crippen molar-refractivity contribution in [1.82, 2.24) is 4.90 Å². The van der Waals surface area contributed by atoms with E-state index in [1.165, 1.54) is 23.1 Å². The molecule has 3 aliphatic rings. The lowest BCUT2D eigenvalue weighted by molar-refractivity contribution is -0.124. The number of thiocarbonyl (C=S) groups is 1. The number of hydrogen-bond donors (Lipinski definition) is 1. The highest BCUT2D eigenvalue weighted by molar-refractivity contribution is 8.26. The first-order valence-corrected chi connectivity index (χ1v) is 12.8. The van der Waals surface area contributed by atoms with Crippen LogP contribution in [0.25, 0.3) is 5.57 Å². The minimum atomic E-state index is -0.361. The van der Waals surface area contributed by atoms with E-state index in [9.17, 15) is 14.4 Å². The van der Waals surface area contributed by atoms with Gasteiger partial charge in [-0.25, -0.2) is 0 Å². The Morgan fingerprint density at radius 2 is 1.77 bits per heavy atom. The average Bonchev–Trinajstić information content (AvgIpc) is 3.31. The van der Waals surface area contributed by atoms with Crippen LogP contribution < -0.4 is 15.0 Å². The Balaban J connectivity index is 1.41. The molecule has 9 heteroatoms. The average molecular weight is 508 g/mol. The zero-order chi connectivity index (χ0) is 24.5. The van der Waals surface area contributed by atoms with Gasteiger partial charge in [0.15, 0.2) is 0 Å². The van der Waals surface area contributed by atoms with Gasteiger partial charge >= 0.3 is 0 Å².